The molecule has 0 aromatic carbocycles. The van der Waals surface area contributed by atoms with Crippen LogP contribution in [0, 0.1) is 11.3 Å². The molecule has 3 atom stereocenters. The lowest BCUT2D eigenvalue weighted by molar-refractivity contribution is -0.139. The molecule has 2 saturated carbocycles. The second-order valence-corrected chi connectivity index (χ2v) is 7.90. The molecule has 1 aliphatic heterocycles. The van der Waals surface area contributed by atoms with E-state index < -0.39 is 0 Å². The summed E-state index contributed by atoms with van der Waals surface area (Å²) in [6.07, 6.45) is 8.25. The molecule has 1 saturated heterocycles. The van der Waals surface area contributed by atoms with Gasteiger partial charge in [0.2, 0.25) is 5.91 Å². The molecule has 6 heteroatoms. The van der Waals surface area contributed by atoms with E-state index in [-0.39, 0.29) is 17.8 Å². The lowest BCUT2D eigenvalue weighted by atomic mass is 9.83. The van der Waals surface area contributed by atoms with Crippen LogP contribution < -0.4 is 10.6 Å². The average molecular weight is 360 g/mol. The monoisotopic (exact) mass is 359 g/mol. The van der Waals surface area contributed by atoms with Crippen molar-refractivity contribution in [1.82, 2.24) is 15.5 Å². The fraction of sp³-hybridized carbons (Fsp3) is 0.944. The number of rotatable bonds is 5. The van der Waals surface area contributed by atoms with Gasteiger partial charge in [0.25, 0.3) is 0 Å². The number of nitrogens with zero attached hydrogens (tertiary/aromatic N) is 1. The van der Waals surface area contributed by atoms with Crippen molar-refractivity contribution in [3.05, 3.63) is 0 Å². The molecule has 0 aromatic heterocycles. The van der Waals surface area contributed by atoms with Crippen molar-refractivity contribution >= 4 is 18.3 Å². The van der Waals surface area contributed by atoms with Gasteiger partial charge >= 0.3 is 0 Å². The van der Waals surface area contributed by atoms with Crippen LogP contribution in [0.3, 0.4) is 0 Å². The van der Waals surface area contributed by atoms with Gasteiger partial charge in [-0.25, -0.2) is 0 Å². The maximum absolute atomic E-state index is 12.7. The number of morpholine rings is 1. The van der Waals surface area contributed by atoms with E-state index in [1.165, 1.54) is 32.1 Å². The second-order valence-electron chi connectivity index (χ2n) is 7.90. The number of carbonyl (C=O) groups excluding carboxylic acids is 1. The van der Waals surface area contributed by atoms with Crippen LogP contribution in [0.15, 0.2) is 0 Å². The minimum atomic E-state index is -0.160. The topological polar surface area (TPSA) is 53.6 Å². The van der Waals surface area contributed by atoms with Crippen LogP contribution in [-0.4, -0.2) is 63.3 Å². The van der Waals surface area contributed by atoms with Crippen LogP contribution in [0.25, 0.3) is 0 Å². The molecule has 1 amide bonds. The van der Waals surface area contributed by atoms with Gasteiger partial charge < -0.3 is 20.3 Å². The summed E-state index contributed by atoms with van der Waals surface area (Å²) in [6.45, 7) is 3.49. The highest BCUT2D eigenvalue weighted by atomic mass is 35.5. The zero-order valence-corrected chi connectivity index (χ0v) is 16.0. The number of amides is 1. The van der Waals surface area contributed by atoms with Gasteiger partial charge in [0.1, 0.15) is 0 Å². The zero-order chi connectivity index (χ0) is 16.3. The SMILES string of the molecule is CN(C)C(=O)C1(CNC2CCCC2C2COCCN2)CCCC1.Cl. The van der Waals surface area contributed by atoms with Crippen molar-refractivity contribution in [3.8, 4) is 0 Å². The van der Waals surface area contributed by atoms with E-state index in [0.29, 0.717) is 23.9 Å². The first kappa shape index (κ1) is 20.0. The third-order valence-electron chi connectivity index (χ3n) is 6.16. The Labute approximate surface area is 152 Å². The molecule has 3 aliphatic rings. The highest BCUT2D eigenvalue weighted by Gasteiger charge is 2.43. The molecule has 5 nitrogen and oxygen atoms in total. The Hall–Kier alpha value is -0.360. The average Bonchev–Trinajstić information content (AvgIpc) is 3.23. The lowest BCUT2D eigenvalue weighted by Crippen LogP contribution is -2.53. The number of hydrogen-bond donors (Lipinski definition) is 2. The number of hydrogen-bond acceptors (Lipinski definition) is 4. The molecular weight excluding hydrogens is 326 g/mol. The maximum atomic E-state index is 12.7. The smallest absolute Gasteiger partial charge is 0.229 e. The quantitative estimate of drug-likeness (QED) is 0.786. The third-order valence-corrected chi connectivity index (χ3v) is 6.16. The Morgan fingerprint density at radius 1 is 1.25 bits per heavy atom. The van der Waals surface area contributed by atoms with Gasteiger partial charge in [-0.05, 0) is 31.6 Å². The number of nitrogens with one attached hydrogen (secondary N) is 2. The summed E-state index contributed by atoms with van der Waals surface area (Å²) in [7, 11) is 3.79. The van der Waals surface area contributed by atoms with Crippen molar-refractivity contribution < 1.29 is 9.53 Å². The Bertz CT molecular complexity index is 407. The third kappa shape index (κ3) is 4.24. The van der Waals surface area contributed by atoms with Gasteiger partial charge in [-0.1, -0.05) is 19.3 Å². The van der Waals surface area contributed by atoms with Crippen molar-refractivity contribution in [2.75, 3.05) is 40.4 Å². The van der Waals surface area contributed by atoms with Gasteiger partial charge in [-0.2, -0.15) is 0 Å². The van der Waals surface area contributed by atoms with E-state index in [1.54, 1.807) is 4.90 Å². The predicted octanol–water partition coefficient (Wildman–Crippen LogP) is 1.80. The summed E-state index contributed by atoms with van der Waals surface area (Å²) >= 11 is 0. The molecule has 24 heavy (non-hydrogen) atoms. The normalized spacial score (nSPS) is 32.3. The van der Waals surface area contributed by atoms with E-state index in [4.69, 9.17) is 4.74 Å². The minimum absolute atomic E-state index is 0. The van der Waals surface area contributed by atoms with Crippen LogP contribution in [0.5, 0.6) is 0 Å². The predicted molar refractivity (Wildman–Crippen MR) is 98.6 cm³/mol. The van der Waals surface area contributed by atoms with Gasteiger partial charge in [0, 0.05) is 39.3 Å². The summed E-state index contributed by atoms with van der Waals surface area (Å²) in [4.78, 5) is 14.5. The largest absolute Gasteiger partial charge is 0.379 e. The van der Waals surface area contributed by atoms with Crippen molar-refractivity contribution in [3.63, 3.8) is 0 Å². The molecule has 0 bridgehead atoms. The van der Waals surface area contributed by atoms with Crippen LogP contribution >= 0.6 is 12.4 Å². The first-order valence-electron chi connectivity index (χ1n) is 9.39. The van der Waals surface area contributed by atoms with E-state index in [0.717, 1.165) is 39.1 Å². The van der Waals surface area contributed by atoms with E-state index in [1.807, 2.05) is 14.1 Å². The van der Waals surface area contributed by atoms with Gasteiger partial charge in [-0.15, -0.1) is 12.4 Å². The molecule has 140 valence electrons. The highest BCUT2D eigenvalue weighted by Crippen LogP contribution is 2.40. The Kier molecular flexibility index (Phi) is 7.35. The van der Waals surface area contributed by atoms with E-state index in [2.05, 4.69) is 10.6 Å². The molecule has 2 aliphatic carbocycles. The molecule has 0 radical (unpaired) electrons. The Balaban J connectivity index is 0.00000208. The summed E-state index contributed by atoms with van der Waals surface area (Å²) in [6, 6.07) is 1.01. The molecule has 1 heterocycles. The number of ether oxygens (including phenoxy) is 1. The first-order valence-corrected chi connectivity index (χ1v) is 9.39. The van der Waals surface area contributed by atoms with Crippen molar-refractivity contribution in [1.29, 1.82) is 0 Å². The summed E-state index contributed by atoms with van der Waals surface area (Å²) in [5, 5.41) is 7.43. The van der Waals surface area contributed by atoms with Gasteiger partial charge in [-0.3, -0.25) is 4.79 Å². The van der Waals surface area contributed by atoms with Crippen LogP contribution in [-0.2, 0) is 9.53 Å². The zero-order valence-electron chi connectivity index (χ0n) is 15.2. The summed E-state index contributed by atoms with van der Waals surface area (Å²) < 4.78 is 5.66. The molecule has 3 fully saturated rings. The molecule has 3 unspecified atom stereocenters. The van der Waals surface area contributed by atoms with Crippen LogP contribution in [0.2, 0.25) is 0 Å². The number of halogens is 1. The van der Waals surface area contributed by atoms with Crippen LogP contribution in [0.4, 0.5) is 0 Å². The fourth-order valence-electron chi connectivity index (χ4n) is 4.90. The fourth-order valence-corrected chi connectivity index (χ4v) is 4.90. The lowest BCUT2D eigenvalue weighted by Gasteiger charge is -2.36. The Morgan fingerprint density at radius 2 is 2.00 bits per heavy atom. The Morgan fingerprint density at radius 3 is 2.62 bits per heavy atom. The maximum Gasteiger partial charge on any atom is 0.229 e. The summed E-state index contributed by atoms with van der Waals surface area (Å²) in [5.41, 5.74) is -0.160. The first-order chi connectivity index (χ1) is 11.1. The van der Waals surface area contributed by atoms with E-state index in [9.17, 15) is 4.79 Å². The van der Waals surface area contributed by atoms with E-state index >= 15 is 0 Å². The molecular formula is C18H34ClN3O2. The van der Waals surface area contributed by atoms with Crippen LogP contribution in [0.1, 0.15) is 44.9 Å². The van der Waals surface area contributed by atoms with Gasteiger partial charge in [0.15, 0.2) is 0 Å². The minimum Gasteiger partial charge on any atom is -0.379 e. The molecule has 0 spiro atoms. The standard InChI is InChI=1S/C18H33N3O2.ClH/c1-21(2)17(22)18(8-3-4-9-18)13-20-15-7-5-6-14(15)16-12-23-11-10-19-16;/h14-16,19-20H,3-13H2,1-2H3;1H. The molecule has 2 N–H and O–H groups in total. The molecule has 0 aromatic rings. The second kappa shape index (κ2) is 8.84. The number of carbonyl (C=O) groups is 1. The van der Waals surface area contributed by atoms with Crippen molar-refractivity contribution in [2.45, 2.75) is 57.0 Å². The summed E-state index contributed by atoms with van der Waals surface area (Å²) in [5.74, 6) is 0.958. The van der Waals surface area contributed by atoms with Crippen molar-refractivity contribution in [2.24, 2.45) is 11.3 Å². The highest BCUT2D eigenvalue weighted by molar-refractivity contribution is 5.85. The molecule has 3 rings (SSSR count). The van der Waals surface area contributed by atoms with Gasteiger partial charge in [0.05, 0.1) is 18.6 Å².